The Kier molecular flexibility index (Phi) is 4.20. The Hall–Kier alpha value is -3.40. The monoisotopic (exact) mass is 386 g/mol. The highest BCUT2D eigenvalue weighted by atomic mass is 16.2. The maximum atomic E-state index is 12.8. The molecule has 5 rings (SSSR count). The number of nitrogens with zero attached hydrogens (tertiary/aromatic N) is 5. The van der Waals surface area contributed by atoms with Gasteiger partial charge in [-0.05, 0) is 36.6 Å². The van der Waals surface area contributed by atoms with Crippen LogP contribution in [0.15, 0.2) is 42.9 Å². The van der Waals surface area contributed by atoms with E-state index >= 15 is 0 Å². The number of nitriles is 1. The lowest BCUT2D eigenvalue weighted by molar-refractivity contribution is -0.129. The normalized spacial score (nSPS) is 21.2. The number of fused-ring (bicyclic) bond motifs is 1. The van der Waals surface area contributed by atoms with Crippen molar-refractivity contribution in [1.82, 2.24) is 19.9 Å². The van der Waals surface area contributed by atoms with Crippen molar-refractivity contribution in [1.29, 1.82) is 5.26 Å². The minimum Gasteiger partial charge on any atom is -0.355 e. The van der Waals surface area contributed by atoms with Gasteiger partial charge in [-0.25, -0.2) is 9.97 Å². The molecule has 146 valence electrons. The molecule has 2 aliphatic rings. The van der Waals surface area contributed by atoms with Crippen LogP contribution in [-0.4, -0.2) is 51.9 Å². The SMILES string of the molecule is N#Cc1ccc(CC(=O)N2CCC3(CCN(c4ncnc5[nH]ccc45)C3)C2)cc1. The van der Waals surface area contributed by atoms with E-state index in [1.54, 1.807) is 18.5 Å². The molecule has 0 aliphatic carbocycles. The first kappa shape index (κ1) is 17.7. The third-order valence-corrected chi connectivity index (χ3v) is 6.30. The molecule has 0 saturated carbocycles. The number of benzene rings is 1. The maximum Gasteiger partial charge on any atom is 0.227 e. The molecular formula is C22H22N6O. The molecule has 7 nitrogen and oxygen atoms in total. The van der Waals surface area contributed by atoms with Crippen LogP contribution in [0.4, 0.5) is 5.82 Å². The van der Waals surface area contributed by atoms with Crippen LogP contribution < -0.4 is 4.90 Å². The summed E-state index contributed by atoms with van der Waals surface area (Å²) in [6.45, 7) is 3.49. The molecular weight excluding hydrogens is 364 g/mol. The number of H-pyrrole nitrogens is 1. The smallest absolute Gasteiger partial charge is 0.227 e. The zero-order chi connectivity index (χ0) is 19.8. The van der Waals surface area contributed by atoms with Gasteiger partial charge in [0.15, 0.2) is 0 Å². The Bertz CT molecular complexity index is 1100. The number of amides is 1. The van der Waals surface area contributed by atoms with E-state index in [-0.39, 0.29) is 11.3 Å². The number of hydrogen-bond donors (Lipinski definition) is 1. The fourth-order valence-corrected chi connectivity index (χ4v) is 4.69. The second-order valence-electron chi connectivity index (χ2n) is 8.16. The van der Waals surface area contributed by atoms with Gasteiger partial charge < -0.3 is 14.8 Å². The fraction of sp³-hybridized carbons (Fsp3) is 0.364. The van der Waals surface area contributed by atoms with Crippen LogP contribution in [-0.2, 0) is 11.2 Å². The number of rotatable bonds is 3. The van der Waals surface area contributed by atoms with E-state index in [1.165, 1.54) is 0 Å². The van der Waals surface area contributed by atoms with Gasteiger partial charge in [0.2, 0.25) is 5.91 Å². The lowest BCUT2D eigenvalue weighted by Gasteiger charge is -2.25. The molecule has 7 heteroatoms. The van der Waals surface area contributed by atoms with Crippen molar-refractivity contribution >= 4 is 22.8 Å². The maximum absolute atomic E-state index is 12.8. The lowest BCUT2D eigenvalue weighted by Crippen LogP contribution is -2.35. The Morgan fingerprint density at radius 1 is 1.14 bits per heavy atom. The predicted octanol–water partition coefficient (Wildman–Crippen LogP) is 2.50. The summed E-state index contributed by atoms with van der Waals surface area (Å²) in [4.78, 5) is 29.1. The zero-order valence-electron chi connectivity index (χ0n) is 16.1. The van der Waals surface area contributed by atoms with E-state index in [4.69, 9.17) is 5.26 Å². The Labute approximate surface area is 169 Å². The molecule has 1 aromatic carbocycles. The van der Waals surface area contributed by atoms with Gasteiger partial charge in [-0.1, -0.05) is 12.1 Å². The molecule has 0 radical (unpaired) electrons. The molecule has 2 aliphatic heterocycles. The fourth-order valence-electron chi connectivity index (χ4n) is 4.69. The number of carbonyl (C=O) groups excluding carboxylic acids is 1. The summed E-state index contributed by atoms with van der Waals surface area (Å²) < 4.78 is 0. The zero-order valence-corrected chi connectivity index (χ0v) is 16.1. The van der Waals surface area contributed by atoms with Crippen LogP contribution in [0.2, 0.25) is 0 Å². The van der Waals surface area contributed by atoms with E-state index in [2.05, 4.69) is 25.9 Å². The number of hydrogen-bond acceptors (Lipinski definition) is 5. The Morgan fingerprint density at radius 2 is 1.97 bits per heavy atom. The average Bonchev–Trinajstić information content (AvgIpc) is 3.49. The quantitative estimate of drug-likeness (QED) is 0.747. The highest BCUT2D eigenvalue weighted by molar-refractivity contribution is 5.87. The van der Waals surface area contributed by atoms with Crippen molar-refractivity contribution in [3.63, 3.8) is 0 Å². The summed E-state index contributed by atoms with van der Waals surface area (Å²) in [5, 5.41) is 9.96. The van der Waals surface area contributed by atoms with Crippen molar-refractivity contribution in [2.45, 2.75) is 19.3 Å². The number of aromatic amines is 1. The summed E-state index contributed by atoms with van der Waals surface area (Å²) in [5.74, 6) is 1.15. The molecule has 2 fully saturated rings. The van der Waals surface area contributed by atoms with Gasteiger partial charge in [-0.2, -0.15) is 5.26 Å². The highest BCUT2D eigenvalue weighted by Crippen LogP contribution is 2.41. The minimum atomic E-state index is 0.147. The number of likely N-dealkylation sites (tertiary alicyclic amines) is 1. The minimum absolute atomic E-state index is 0.147. The number of anilines is 1. The molecule has 0 bridgehead atoms. The van der Waals surface area contributed by atoms with Crippen LogP contribution in [0.3, 0.4) is 0 Å². The van der Waals surface area contributed by atoms with Gasteiger partial charge in [0.25, 0.3) is 0 Å². The van der Waals surface area contributed by atoms with E-state index in [0.717, 1.165) is 61.4 Å². The lowest BCUT2D eigenvalue weighted by atomic mass is 9.86. The summed E-state index contributed by atoms with van der Waals surface area (Å²) in [5.41, 5.74) is 2.59. The molecule has 1 spiro atoms. The summed E-state index contributed by atoms with van der Waals surface area (Å²) in [6, 6.07) is 11.4. The first-order valence-corrected chi connectivity index (χ1v) is 9.96. The van der Waals surface area contributed by atoms with Crippen LogP contribution >= 0.6 is 0 Å². The van der Waals surface area contributed by atoms with Crippen LogP contribution in [0, 0.1) is 16.7 Å². The van der Waals surface area contributed by atoms with Gasteiger partial charge in [0.1, 0.15) is 17.8 Å². The standard InChI is InChI=1S/C22H22N6O/c23-12-17-3-1-16(2-4-17)11-19(29)27-9-6-22(13-27)7-10-28(14-22)21-18-5-8-24-20(18)25-15-26-21/h1-5,8,15H,6-7,9-11,13-14H2,(H,24,25,26). The van der Waals surface area contributed by atoms with Crippen LogP contribution in [0.25, 0.3) is 11.0 Å². The first-order valence-electron chi connectivity index (χ1n) is 9.96. The second-order valence-corrected chi connectivity index (χ2v) is 8.16. The van der Waals surface area contributed by atoms with Crippen LogP contribution in [0.5, 0.6) is 0 Å². The van der Waals surface area contributed by atoms with E-state index in [0.29, 0.717) is 12.0 Å². The Morgan fingerprint density at radius 3 is 2.79 bits per heavy atom. The second kappa shape index (κ2) is 6.89. The topological polar surface area (TPSA) is 88.9 Å². The van der Waals surface area contributed by atoms with Crippen LogP contribution in [0.1, 0.15) is 24.0 Å². The number of carbonyl (C=O) groups is 1. The summed E-state index contributed by atoms with van der Waals surface area (Å²) >= 11 is 0. The molecule has 1 unspecified atom stereocenters. The highest BCUT2D eigenvalue weighted by Gasteiger charge is 2.45. The third kappa shape index (κ3) is 3.21. The first-order chi connectivity index (χ1) is 14.2. The van der Waals surface area contributed by atoms with Crippen molar-refractivity contribution in [3.05, 3.63) is 54.0 Å². The molecule has 2 saturated heterocycles. The van der Waals surface area contributed by atoms with Crippen molar-refractivity contribution in [2.75, 3.05) is 31.1 Å². The average molecular weight is 386 g/mol. The van der Waals surface area contributed by atoms with Gasteiger partial charge >= 0.3 is 0 Å². The largest absolute Gasteiger partial charge is 0.355 e. The Balaban J connectivity index is 1.26. The third-order valence-electron chi connectivity index (χ3n) is 6.30. The van der Waals surface area contributed by atoms with Gasteiger partial charge in [-0.3, -0.25) is 4.79 Å². The molecule has 1 N–H and O–H groups in total. The molecule has 3 aromatic rings. The molecule has 1 amide bonds. The summed E-state index contributed by atoms with van der Waals surface area (Å²) in [7, 11) is 0. The van der Waals surface area contributed by atoms with Gasteiger partial charge in [0, 0.05) is 37.8 Å². The van der Waals surface area contributed by atoms with Crippen molar-refractivity contribution in [3.8, 4) is 6.07 Å². The number of aromatic nitrogens is 3. The number of nitrogens with one attached hydrogen (secondary N) is 1. The summed E-state index contributed by atoms with van der Waals surface area (Å²) in [6.07, 6.45) is 6.00. The van der Waals surface area contributed by atoms with Crippen molar-refractivity contribution in [2.24, 2.45) is 5.41 Å². The van der Waals surface area contributed by atoms with Gasteiger partial charge in [-0.15, -0.1) is 0 Å². The molecule has 2 aromatic heterocycles. The molecule has 29 heavy (non-hydrogen) atoms. The van der Waals surface area contributed by atoms with E-state index in [9.17, 15) is 4.79 Å². The van der Waals surface area contributed by atoms with E-state index < -0.39 is 0 Å². The van der Waals surface area contributed by atoms with Crippen molar-refractivity contribution < 1.29 is 4.79 Å². The molecule has 1 atom stereocenters. The van der Waals surface area contributed by atoms with Gasteiger partial charge in [0.05, 0.1) is 23.4 Å². The predicted molar refractivity (Wildman–Crippen MR) is 109 cm³/mol. The van der Waals surface area contributed by atoms with E-state index in [1.807, 2.05) is 29.3 Å². The molecule has 4 heterocycles.